The second-order valence-corrected chi connectivity index (χ2v) is 2.49. The van der Waals surface area contributed by atoms with Gasteiger partial charge in [-0.15, -0.1) is 0 Å². The van der Waals surface area contributed by atoms with Gasteiger partial charge in [-0.1, -0.05) is 0 Å². The Balaban J connectivity index is 3.48. The molecule has 1 aromatic heterocycles. The molecular weight excluding hydrogens is 214 g/mol. The summed E-state index contributed by atoms with van der Waals surface area (Å²) in [7, 11) is 0. The largest absolute Gasteiger partial charge is 0.477 e. The van der Waals surface area contributed by atoms with E-state index >= 15 is 0 Å². The number of hydrogen-bond donors (Lipinski definition) is 1. The fraction of sp³-hybridized carbons (Fsp3) is 0.143. The Kier molecular flexibility index (Phi) is 2.88. The summed E-state index contributed by atoms with van der Waals surface area (Å²) in [6, 6.07) is 0. The standard InChI is InChI=1S/C7H4F2N2O4/c8-6(9)3-1-10-2-4(11(14)15)5(3)7(12)13/h1-2,6H,(H,12,13). The van der Waals surface area contributed by atoms with E-state index in [1.54, 1.807) is 0 Å². The molecular formula is C7H4F2N2O4. The molecule has 0 radical (unpaired) electrons. The van der Waals surface area contributed by atoms with Gasteiger partial charge < -0.3 is 5.11 Å². The van der Waals surface area contributed by atoms with Gasteiger partial charge >= 0.3 is 11.7 Å². The molecule has 0 aliphatic rings. The number of rotatable bonds is 3. The van der Waals surface area contributed by atoms with Gasteiger partial charge in [0, 0.05) is 6.20 Å². The Bertz CT molecular complexity index is 421. The minimum atomic E-state index is -3.12. The van der Waals surface area contributed by atoms with E-state index in [-0.39, 0.29) is 0 Å². The van der Waals surface area contributed by atoms with Gasteiger partial charge in [0.1, 0.15) is 11.8 Å². The predicted molar refractivity (Wildman–Crippen MR) is 42.8 cm³/mol. The first-order valence-corrected chi connectivity index (χ1v) is 3.59. The van der Waals surface area contributed by atoms with Gasteiger partial charge in [-0.05, 0) is 0 Å². The SMILES string of the molecule is O=C(O)c1c(C(F)F)cncc1[N+](=O)[O-]. The lowest BCUT2D eigenvalue weighted by Crippen LogP contribution is -2.08. The lowest BCUT2D eigenvalue weighted by Gasteiger charge is -2.03. The Labute approximate surface area is 81.3 Å². The van der Waals surface area contributed by atoms with Crippen LogP contribution in [-0.2, 0) is 0 Å². The predicted octanol–water partition coefficient (Wildman–Crippen LogP) is 1.63. The van der Waals surface area contributed by atoms with Crippen LogP contribution in [0.25, 0.3) is 0 Å². The van der Waals surface area contributed by atoms with E-state index in [1.165, 1.54) is 0 Å². The third-order valence-electron chi connectivity index (χ3n) is 1.60. The second kappa shape index (κ2) is 3.95. The first-order chi connectivity index (χ1) is 6.95. The minimum Gasteiger partial charge on any atom is -0.477 e. The molecule has 0 aromatic carbocycles. The van der Waals surface area contributed by atoms with Crippen molar-refractivity contribution in [1.82, 2.24) is 4.98 Å². The highest BCUT2D eigenvalue weighted by Crippen LogP contribution is 2.28. The monoisotopic (exact) mass is 218 g/mol. The van der Waals surface area contributed by atoms with Crippen LogP contribution < -0.4 is 0 Å². The maximum absolute atomic E-state index is 12.3. The van der Waals surface area contributed by atoms with Gasteiger partial charge in [-0.25, -0.2) is 13.6 Å². The number of nitrogens with zero attached hydrogens (tertiary/aromatic N) is 2. The van der Waals surface area contributed by atoms with Crippen molar-refractivity contribution in [2.24, 2.45) is 0 Å². The Hall–Kier alpha value is -2.12. The summed E-state index contributed by atoms with van der Waals surface area (Å²) in [5, 5.41) is 18.9. The van der Waals surface area contributed by atoms with Crippen LogP contribution >= 0.6 is 0 Å². The van der Waals surface area contributed by atoms with Gasteiger partial charge in [0.25, 0.3) is 6.43 Å². The lowest BCUT2D eigenvalue weighted by atomic mass is 10.1. The van der Waals surface area contributed by atoms with E-state index in [4.69, 9.17) is 5.11 Å². The lowest BCUT2D eigenvalue weighted by molar-refractivity contribution is -0.385. The van der Waals surface area contributed by atoms with Gasteiger partial charge in [-0.3, -0.25) is 15.1 Å². The number of hydrogen-bond acceptors (Lipinski definition) is 4. The summed E-state index contributed by atoms with van der Waals surface area (Å²) in [6.07, 6.45) is -1.90. The Morgan fingerprint density at radius 2 is 2.13 bits per heavy atom. The highest BCUT2D eigenvalue weighted by atomic mass is 19.3. The molecule has 0 aliphatic carbocycles. The van der Waals surface area contributed by atoms with Crippen molar-refractivity contribution in [3.8, 4) is 0 Å². The molecule has 6 nitrogen and oxygen atoms in total. The molecule has 1 N–H and O–H groups in total. The number of carbonyl (C=O) groups is 1. The molecule has 0 amide bonds. The second-order valence-electron chi connectivity index (χ2n) is 2.49. The quantitative estimate of drug-likeness (QED) is 0.614. The van der Waals surface area contributed by atoms with Crippen LogP contribution in [0, 0.1) is 10.1 Å². The molecule has 8 heteroatoms. The maximum atomic E-state index is 12.3. The van der Waals surface area contributed by atoms with Gasteiger partial charge in [-0.2, -0.15) is 0 Å². The van der Waals surface area contributed by atoms with Crippen molar-refractivity contribution in [1.29, 1.82) is 0 Å². The minimum absolute atomic E-state index is 0.598. The van der Waals surface area contributed by atoms with Crippen molar-refractivity contribution in [3.05, 3.63) is 33.6 Å². The number of pyridine rings is 1. The number of carboxylic acid groups (broad SMARTS) is 1. The van der Waals surface area contributed by atoms with E-state index < -0.39 is 34.1 Å². The third-order valence-corrected chi connectivity index (χ3v) is 1.60. The zero-order valence-electron chi connectivity index (χ0n) is 7.05. The molecule has 1 heterocycles. The molecule has 1 aromatic rings. The van der Waals surface area contributed by atoms with Crippen LogP contribution in [0.15, 0.2) is 12.4 Å². The normalized spacial score (nSPS) is 10.3. The van der Waals surface area contributed by atoms with E-state index in [2.05, 4.69) is 4.98 Å². The molecule has 15 heavy (non-hydrogen) atoms. The summed E-state index contributed by atoms with van der Waals surface area (Å²) in [5.74, 6) is -1.78. The van der Waals surface area contributed by atoms with Crippen LogP contribution in [0.4, 0.5) is 14.5 Å². The van der Waals surface area contributed by atoms with Crippen LogP contribution in [-0.4, -0.2) is 21.0 Å². The Morgan fingerprint density at radius 3 is 2.53 bits per heavy atom. The summed E-state index contributed by atoms with van der Waals surface area (Å²) in [5.41, 5.74) is -2.93. The summed E-state index contributed by atoms with van der Waals surface area (Å²) < 4.78 is 24.6. The van der Waals surface area contributed by atoms with E-state index in [0.29, 0.717) is 12.4 Å². The molecule has 0 saturated carbocycles. The number of halogens is 2. The van der Waals surface area contributed by atoms with E-state index in [0.717, 1.165) is 0 Å². The van der Waals surface area contributed by atoms with Gasteiger partial charge in [0.2, 0.25) is 0 Å². The average Bonchev–Trinajstić information content (AvgIpc) is 2.16. The number of aromatic carboxylic acids is 1. The molecule has 0 aliphatic heterocycles. The molecule has 0 saturated heterocycles. The molecule has 0 fully saturated rings. The van der Waals surface area contributed by atoms with Crippen LogP contribution in [0.3, 0.4) is 0 Å². The van der Waals surface area contributed by atoms with Crippen LogP contribution in [0.5, 0.6) is 0 Å². The fourth-order valence-electron chi connectivity index (χ4n) is 1.00. The maximum Gasteiger partial charge on any atom is 0.343 e. The Morgan fingerprint density at radius 1 is 1.53 bits per heavy atom. The molecule has 0 bridgehead atoms. The van der Waals surface area contributed by atoms with Crippen molar-refractivity contribution in [3.63, 3.8) is 0 Å². The first kappa shape index (κ1) is 11.0. The van der Waals surface area contributed by atoms with Crippen LogP contribution in [0.1, 0.15) is 22.3 Å². The van der Waals surface area contributed by atoms with E-state index in [9.17, 15) is 23.7 Å². The smallest absolute Gasteiger partial charge is 0.343 e. The number of nitro groups is 1. The topological polar surface area (TPSA) is 93.3 Å². The first-order valence-electron chi connectivity index (χ1n) is 3.59. The summed E-state index contributed by atoms with van der Waals surface area (Å²) >= 11 is 0. The zero-order valence-corrected chi connectivity index (χ0v) is 7.05. The highest BCUT2D eigenvalue weighted by Gasteiger charge is 2.28. The van der Waals surface area contributed by atoms with Gasteiger partial charge in [0.15, 0.2) is 0 Å². The van der Waals surface area contributed by atoms with Crippen molar-refractivity contribution in [2.45, 2.75) is 6.43 Å². The highest BCUT2D eigenvalue weighted by molar-refractivity contribution is 5.93. The number of alkyl halides is 2. The molecule has 1 rings (SSSR count). The molecule has 0 spiro atoms. The van der Waals surface area contributed by atoms with E-state index in [1.807, 2.05) is 0 Å². The van der Waals surface area contributed by atoms with Gasteiger partial charge in [0.05, 0.1) is 10.5 Å². The molecule has 80 valence electrons. The molecule has 0 atom stereocenters. The fourth-order valence-corrected chi connectivity index (χ4v) is 1.00. The number of carboxylic acids is 1. The zero-order chi connectivity index (χ0) is 11.6. The average molecular weight is 218 g/mol. The van der Waals surface area contributed by atoms with Crippen LogP contribution in [0.2, 0.25) is 0 Å². The van der Waals surface area contributed by atoms with Crippen molar-refractivity contribution < 1.29 is 23.6 Å². The summed E-state index contributed by atoms with van der Waals surface area (Å²) in [4.78, 5) is 23.1. The molecule has 0 unspecified atom stereocenters. The van der Waals surface area contributed by atoms with Crippen molar-refractivity contribution >= 4 is 11.7 Å². The third kappa shape index (κ3) is 2.03. The summed E-state index contributed by atoms with van der Waals surface area (Å²) in [6.45, 7) is 0. The number of aromatic nitrogens is 1. The van der Waals surface area contributed by atoms with Crippen molar-refractivity contribution in [2.75, 3.05) is 0 Å².